The summed E-state index contributed by atoms with van der Waals surface area (Å²) in [5, 5.41) is 2.95. The summed E-state index contributed by atoms with van der Waals surface area (Å²) in [5.74, 6) is 1.68. The minimum Gasteiger partial charge on any atom is -0.497 e. The van der Waals surface area contributed by atoms with Crippen molar-refractivity contribution in [1.29, 1.82) is 0 Å². The molecule has 0 saturated heterocycles. The van der Waals surface area contributed by atoms with Gasteiger partial charge in [0.25, 0.3) is 5.91 Å². The molecule has 0 aliphatic carbocycles. The Bertz CT molecular complexity index is 1010. The Morgan fingerprint density at radius 3 is 2.77 bits per heavy atom. The van der Waals surface area contributed by atoms with Crippen LogP contribution in [0.15, 0.2) is 64.9 Å². The number of benzene rings is 1. The molecule has 1 atom stereocenters. The second-order valence-corrected chi connectivity index (χ2v) is 6.99. The van der Waals surface area contributed by atoms with Crippen molar-refractivity contribution in [1.82, 2.24) is 15.1 Å². The average Bonchev–Trinajstić information content (AvgIpc) is 3.38. The van der Waals surface area contributed by atoms with E-state index in [1.54, 1.807) is 60.6 Å². The molecule has 0 unspecified atom stereocenters. The van der Waals surface area contributed by atoms with Gasteiger partial charge in [0.15, 0.2) is 0 Å². The topological polar surface area (TPSA) is 84.2 Å². The normalized spacial score (nSPS) is 18.4. The van der Waals surface area contributed by atoms with Crippen molar-refractivity contribution >= 4 is 11.9 Å². The molecule has 0 bridgehead atoms. The van der Waals surface area contributed by atoms with Crippen molar-refractivity contribution in [2.24, 2.45) is 0 Å². The van der Waals surface area contributed by atoms with Gasteiger partial charge in [-0.1, -0.05) is 6.08 Å². The summed E-state index contributed by atoms with van der Waals surface area (Å²) in [4.78, 5) is 29.5. The molecule has 4 rings (SSSR count). The van der Waals surface area contributed by atoms with E-state index in [2.05, 4.69) is 11.9 Å². The molecule has 1 N–H and O–H groups in total. The molecule has 0 saturated carbocycles. The van der Waals surface area contributed by atoms with Crippen molar-refractivity contribution in [3.63, 3.8) is 0 Å². The minimum atomic E-state index is -0.660. The number of nitrogens with zero attached hydrogens (tertiary/aromatic N) is 2. The molecule has 0 radical (unpaired) electrons. The molecule has 0 fully saturated rings. The molecule has 2 aliphatic heterocycles. The van der Waals surface area contributed by atoms with Crippen molar-refractivity contribution in [2.75, 3.05) is 27.3 Å². The fourth-order valence-electron chi connectivity index (χ4n) is 3.89. The zero-order chi connectivity index (χ0) is 21.3. The van der Waals surface area contributed by atoms with Gasteiger partial charge in [-0.2, -0.15) is 0 Å². The number of rotatable bonds is 7. The first-order valence-electron chi connectivity index (χ1n) is 9.53. The van der Waals surface area contributed by atoms with Crippen LogP contribution in [0.5, 0.6) is 11.5 Å². The van der Waals surface area contributed by atoms with Crippen molar-refractivity contribution in [3.05, 3.63) is 71.8 Å². The van der Waals surface area contributed by atoms with E-state index >= 15 is 0 Å². The lowest BCUT2D eigenvalue weighted by Crippen LogP contribution is -2.47. The van der Waals surface area contributed by atoms with Crippen LogP contribution >= 0.6 is 0 Å². The number of ether oxygens (including phenoxy) is 2. The van der Waals surface area contributed by atoms with Crippen LogP contribution in [0.1, 0.15) is 17.4 Å². The van der Waals surface area contributed by atoms with Gasteiger partial charge in [-0.25, -0.2) is 4.79 Å². The molecule has 30 heavy (non-hydrogen) atoms. The van der Waals surface area contributed by atoms with Gasteiger partial charge in [0.05, 0.1) is 50.9 Å². The highest BCUT2D eigenvalue weighted by Crippen LogP contribution is 2.40. The lowest BCUT2D eigenvalue weighted by molar-refractivity contribution is -0.126. The number of hydrogen-bond donors (Lipinski definition) is 1. The highest BCUT2D eigenvalue weighted by atomic mass is 16.5. The van der Waals surface area contributed by atoms with E-state index in [9.17, 15) is 9.59 Å². The fraction of sp³-hybridized carbons (Fsp3) is 0.273. The standard InChI is InChI=1S/C22H23N3O5/c1-4-9-25-17-13-24(12-15-6-5-10-30-15)21(26)19(17)20(23-22(25)27)16-11-14(28-2)7-8-18(16)29-3/h4-8,10-11,20H,1,9,12-13H2,2-3H3,(H,23,27)/t20-/m0/s1. The maximum atomic E-state index is 13.4. The van der Waals surface area contributed by atoms with Crippen LogP contribution in [0.3, 0.4) is 0 Å². The third kappa shape index (κ3) is 3.30. The average molecular weight is 409 g/mol. The van der Waals surface area contributed by atoms with E-state index in [4.69, 9.17) is 13.9 Å². The van der Waals surface area contributed by atoms with E-state index in [0.29, 0.717) is 53.7 Å². The molecular formula is C22H23N3O5. The number of carbonyl (C=O) groups is 2. The number of amides is 3. The maximum Gasteiger partial charge on any atom is 0.322 e. The highest BCUT2D eigenvalue weighted by Gasteiger charge is 2.44. The van der Waals surface area contributed by atoms with E-state index in [1.807, 2.05) is 6.07 Å². The summed E-state index contributed by atoms with van der Waals surface area (Å²) in [6, 6.07) is 7.95. The lowest BCUT2D eigenvalue weighted by atomic mass is 9.94. The lowest BCUT2D eigenvalue weighted by Gasteiger charge is -2.33. The van der Waals surface area contributed by atoms with Crippen LogP contribution in [-0.2, 0) is 11.3 Å². The van der Waals surface area contributed by atoms with Crippen LogP contribution in [0, 0.1) is 0 Å². The summed E-state index contributed by atoms with van der Waals surface area (Å²) in [7, 11) is 3.11. The van der Waals surface area contributed by atoms with Crippen LogP contribution in [0.2, 0.25) is 0 Å². The Labute approximate surface area is 174 Å². The van der Waals surface area contributed by atoms with Crippen molar-refractivity contribution in [3.8, 4) is 11.5 Å². The quantitative estimate of drug-likeness (QED) is 0.711. The van der Waals surface area contributed by atoms with Crippen LogP contribution < -0.4 is 14.8 Å². The Morgan fingerprint density at radius 1 is 1.27 bits per heavy atom. The number of furan rings is 1. The molecule has 0 spiro atoms. The zero-order valence-electron chi connectivity index (χ0n) is 16.9. The third-order valence-electron chi connectivity index (χ3n) is 5.28. The highest BCUT2D eigenvalue weighted by molar-refractivity contribution is 6.01. The molecule has 1 aromatic heterocycles. The van der Waals surface area contributed by atoms with E-state index in [0.717, 1.165) is 0 Å². The van der Waals surface area contributed by atoms with Gasteiger partial charge >= 0.3 is 6.03 Å². The smallest absolute Gasteiger partial charge is 0.322 e. The van der Waals surface area contributed by atoms with Gasteiger partial charge in [-0.15, -0.1) is 6.58 Å². The predicted molar refractivity (Wildman–Crippen MR) is 109 cm³/mol. The number of carbonyl (C=O) groups excluding carboxylic acids is 2. The predicted octanol–water partition coefficient (Wildman–Crippen LogP) is 2.85. The molecule has 1 aromatic carbocycles. The van der Waals surface area contributed by atoms with Gasteiger partial charge in [-0.05, 0) is 30.3 Å². The summed E-state index contributed by atoms with van der Waals surface area (Å²) < 4.78 is 16.3. The van der Waals surface area contributed by atoms with Crippen LogP contribution in [0.4, 0.5) is 4.79 Å². The SMILES string of the molecule is C=CCN1C(=O)N[C@@H](c2cc(OC)ccc2OC)C2=C1CN(Cc1ccco1)C2=O. The molecule has 2 aliphatic rings. The Morgan fingerprint density at radius 2 is 2.10 bits per heavy atom. The second-order valence-electron chi connectivity index (χ2n) is 6.99. The number of hydrogen-bond acceptors (Lipinski definition) is 5. The zero-order valence-corrected chi connectivity index (χ0v) is 16.9. The van der Waals surface area contributed by atoms with E-state index in [-0.39, 0.29) is 11.9 Å². The minimum absolute atomic E-state index is 0.162. The summed E-state index contributed by atoms with van der Waals surface area (Å²) in [5.41, 5.74) is 1.82. The Balaban J connectivity index is 1.78. The number of nitrogens with one attached hydrogen (secondary N) is 1. The summed E-state index contributed by atoms with van der Waals surface area (Å²) >= 11 is 0. The first-order chi connectivity index (χ1) is 14.6. The molecule has 156 valence electrons. The molecule has 3 amide bonds. The molecular weight excluding hydrogens is 386 g/mol. The number of methoxy groups -OCH3 is 2. The van der Waals surface area contributed by atoms with Gasteiger partial charge in [-0.3, -0.25) is 9.69 Å². The molecule has 3 heterocycles. The van der Waals surface area contributed by atoms with E-state index in [1.165, 1.54) is 0 Å². The van der Waals surface area contributed by atoms with Crippen molar-refractivity contribution in [2.45, 2.75) is 12.6 Å². The monoisotopic (exact) mass is 409 g/mol. The molecule has 2 aromatic rings. The summed E-state index contributed by atoms with van der Waals surface area (Å²) in [6.07, 6.45) is 3.21. The van der Waals surface area contributed by atoms with Crippen LogP contribution in [0.25, 0.3) is 0 Å². The largest absolute Gasteiger partial charge is 0.497 e. The Hall–Kier alpha value is -3.68. The van der Waals surface area contributed by atoms with Gasteiger partial charge in [0, 0.05) is 12.1 Å². The van der Waals surface area contributed by atoms with Gasteiger partial charge < -0.3 is 24.1 Å². The van der Waals surface area contributed by atoms with E-state index < -0.39 is 6.04 Å². The molecule has 8 heteroatoms. The first kappa shape index (κ1) is 19.6. The van der Waals surface area contributed by atoms with Gasteiger partial charge in [0.2, 0.25) is 0 Å². The fourth-order valence-corrected chi connectivity index (χ4v) is 3.89. The second kappa shape index (κ2) is 7.98. The number of urea groups is 1. The molecule has 8 nitrogen and oxygen atoms in total. The van der Waals surface area contributed by atoms with Gasteiger partial charge in [0.1, 0.15) is 17.3 Å². The van der Waals surface area contributed by atoms with Crippen LogP contribution in [-0.4, -0.2) is 49.0 Å². The summed E-state index contributed by atoms with van der Waals surface area (Å²) in [6.45, 7) is 4.66. The third-order valence-corrected chi connectivity index (χ3v) is 5.28. The van der Waals surface area contributed by atoms with Crippen molar-refractivity contribution < 1.29 is 23.5 Å². The first-order valence-corrected chi connectivity index (χ1v) is 9.53. The Kier molecular flexibility index (Phi) is 5.22. The maximum absolute atomic E-state index is 13.4.